The van der Waals surface area contributed by atoms with Crippen molar-refractivity contribution in [3.8, 4) is 0 Å². The number of rotatable bonds is 5. The smallest absolute Gasteiger partial charge is 0.271 e. The van der Waals surface area contributed by atoms with E-state index in [2.05, 4.69) is 5.32 Å². The predicted octanol–water partition coefficient (Wildman–Crippen LogP) is 2.75. The maximum absolute atomic E-state index is 12.0. The van der Waals surface area contributed by atoms with Crippen molar-refractivity contribution in [3.05, 3.63) is 32.8 Å². The van der Waals surface area contributed by atoms with Crippen LogP contribution in [-0.2, 0) is 0 Å². The average molecular weight is 286 g/mol. The second kappa shape index (κ2) is 6.38. The molecule has 0 aliphatic rings. The van der Waals surface area contributed by atoms with Crippen LogP contribution in [0.1, 0.15) is 37.0 Å². The maximum atomic E-state index is 12.0. The average Bonchev–Trinajstić information content (AvgIpc) is 2.38. The first-order valence-corrected chi connectivity index (χ1v) is 6.32. The molecule has 0 radical (unpaired) electrons. The lowest BCUT2D eigenvalue weighted by molar-refractivity contribution is -0.384. The molecule has 1 rings (SSSR count). The minimum atomic E-state index is -0.612. The lowest BCUT2D eigenvalue weighted by Gasteiger charge is -2.15. The van der Waals surface area contributed by atoms with Crippen LogP contribution < -0.4 is 11.1 Å². The van der Waals surface area contributed by atoms with Crippen molar-refractivity contribution in [1.82, 2.24) is 5.32 Å². The van der Waals surface area contributed by atoms with Crippen LogP contribution in [0.15, 0.2) is 12.1 Å². The number of nitro groups is 1. The van der Waals surface area contributed by atoms with E-state index < -0.39 is 10.8 Å². The highest BCUT2D eigenvalue weighted by molar-refractivity contribution is 6.34. The van der Waals surface area contributed by atoms with Gasteiger partial charge < -0.3 is 11.1 Å². The molecule has 1 aromatic carbocycles. The lowest BCUT2D eigenvalue weighted by atomic mass is 10.1. The molecule has 0 fully saturated rings. The second-order valence-corrected chi connectivity index (χ2v) is 4.54. The molecule has 0 saturated heterocycles. The quantitative estimate of drug-likeness (QED) is 0.494. The molecular formula is C12H16ClN3O3. The highest BCUT2D eigenvalue weighted by Crippen LogP contribution is 2.28. The summed E-state index contributed by atoms with van der Waals surface area (Å²) in [4.78, 5) is 22.2. The van der Waals surface area contributed by atoms with E-state index in [1.165, 1.54) is 0 Å². The first kappa shape index (κ1) is 15.2. The number of hydrogen-bond donors (Lipinski definition) is 2. The first-order valence-electron chi connectivity index (χ1n) is 5.94. The first-order chi connectivity index (χ1) is 8.90. The number of nitrogens with one attached hydrogen (secondary N) is 1. The Morgan fingerprint density at radius 2 is 2.05 bits per heavy atom. The van der Waals surface area contributed by atoms with Crippen molar-refractivity contribution < 1.29 is 9.72 Å². The van der Waals surface area contributed by atoms with Gasteiger partial charge in [-0.3, -0.25) is 14.9 Å². The molecule has 6 nitrogen and oxygen atoms in total. The van der Waals surface area contributed by atoms with E-state index in [1.54, 1.807) is 0 Å². The number of nitrogens with zero attached hydrogens (tertiary/aromatic N) is 1. The van der Waals surface area contributed by atoms with Gasteiger partial charge in [0.15, 0.2) is 0 Å². The molecule has 0 aliphatic heterocycles. The summed E-state index contributed by atoms with van der Waals surface area (Å²) >= 11 is 5.80. The van der Waals surface area contributed by atoms with Gasteiger partial charge in [0.05, 0.1) is 21.2 Å². The fourth-order valence-corrected chi connectivity index (χ4v) is 1.87. The van der Waals surface area contributed by atoms with Crippen LogP contribution >= 0.6 is 11.6 Å². The fourth-order valence-electron chi connectivity index (χ4n) is 1.65. The zero-order chi connectivity index (χ0) is 14.6. The van der Waals surface area contributed by atoms with Gasteiger partial charge in [0.25, 0.3) is 11.6 Å². The number of benzene rings is 1. The summed E-state index contributed by atoms with van der Waals surface area (Å²) in [6.45, 7) is 3.89. The highest BCUT2D eigenvalue weighted by Gasteiger charge is 2.20. The molecule has 0 bridgehead atoms. The van der Waals surface area contributed by atoms with E-state index in [9.17, 15) is 14.9 Å². The van der Waals surface area contributed by atoms with Crippen molar-refractivity contribution in [1.29, 1.82) is 0 Å². The van der Waals surface area contributed by atoms with Gasteiger partial charge in [0.2, 0.25) is 0 Å². The standard InChI is InChI=1S/C12H16ClN3O3/c1-3-7(4-2)15-12(17)9-5-8(16(18)19)6-10(13)11(9)14/h5-7H,3-4,14H2,1-2H3,(H,15,17). The normalized spacial score (nSPS) is 10.5. The van der Waals surface area contributed by atoms with Gasteiger partial charge in [-0.25, -0.2) is 0 Å². The van der Waals surface area contributed by atoms with Crippen LogP contribution in [0.2, 0.25) is 5.02 Å². The Morgan fingerprint density at radius 3 is 2.53 bits per heavy atom. The number of carbonyl (C=O) groups is 1. The molecule has 19 heavy (non-hydrogen) atoms. The molecule has 0 atom stereocenters. The van der Waals surface area contributed by atoms with E-state index in [4.69, 9.17) is 17.3 Å². The zero-order valence-electron chi connectivity index (χ0n) is 10.8. The van der Waals surface area contributed by atoms with Crippen LogP contribution in [0.4, 0.5) is 11.4 Å². The zero-order valence-corrected chi connectivity index (χ0v) is 11.5. The molecule has 0 spiro atoms. The molecule has 1 aromatic rings. The second-order valence-electron chi connectivity index (χ2n) is 4.13. The molecule has 0 unspecified atom stereocenters. The molecular weight excluding hydrogens is 270 g/mol. The summed E-state index contributed by atoms with van der Waals surface area (Å²) in [5.74, 6) is -0.447. The van der Waals surface area contributed by atoms with E-state index in [1.807, 2.05) is 13.8 Å². The van der Waals surface area contributed by atoms with Gasteiger partial charge in [-0.2, -0.15) is 0 Å². The van der Waals surface area contributed by atoms with E-state index in [0.29, 0.717) is 0 Å². The van der Waals surface area contributed by atoms with Crippen molar-refractivity contribution in [2.45, 2.75) is 32.7 Å². The number of non-ortho nitro benzene ring substituents is 1. The van der Waals surface area contributed by atoms with Crippen LogP contribution in [-0.4, -0.2) is 16.9 Å². The van der Waals surface area contributed by atoms with Gasteiger partial charge >= 0.3 is 0 Å². The summed E-state index contributed by atoms with van der Waals surface area (Å²) in [6.07, 6.45) is 1.54. The van der Waals surface area contributed by atoms with Gasteiger partial charge in [-0.1, -0.05) is 25.4 Å². The molecule has 1 amide bonds. The Morgan fingerprint density at radius 1 is 1.47 bits per heavy atom. The van der Waals surface area contributed by atoms with Crippen molar-refractivity contribution >= 4 is 28.9 Å². The largest absolute Gasteiger partial charge is 0.397 e. The Kier molecular flexibility index (Phi) is 5.11. The number of anilines is 1. The monoisotopic (exact) mass is 285 g/mol. The van der Waals surface area contributed by atoms with E-state index in [-0.39, 0.29) is 28.0 Å². The van der Waals surface area contributed by atoms with Crippen LogP contribution in [0, 0.1) is 10.1 Å². The number of nitrogen functional groups attached to an aromatic ring is 1. The van der Waals surface area contributed by atoms with Gasteiger partial charge in [-0.05, 0) is 12.8 Å². The fraction of sp³-hybridized carbons (Fsp3) is 0.417. The Labute approximate surface area is 116 Å². The van der Waals surface area contributed by atoms with E-state index in [0.717, 1.165) is 25.0 Å². The van der Waals surface area contributed by atoms with Crippen LogP contribution in [0.5, 0.6) is 0 Å². The lowest BCUT2D eigenvalue weighted by Crippen LogP contribution is -2.34. The molecule has 0 heterocycles. The topological polar surface area (TPSA) is 98.3 Å². The molecule has 104 valence electrons. The Balaban J connectivity index is 3.11. The Bertz CT molecular complexity index is 501. The predicted molar refractivity (Wildman–Crippen MR) is 74.4 cm³/mol. The molecule has 0 aromatic heterocycles. The summed E-state index contributed by atoms with van der Waals surface area (Å²) in [5.41, 5.74) is 5.53. The summed E-state index contributed by atoms with van der Waals surface area (Å²) in [7, 11) is 0. The van der Waals surface area contributed by atoms with Gasteiger partial charge in [-0.15, -0.1) is 0 Å². The van der Waals surface area contributed by atoms with Crippen molar-refractivity contribution in [2.75, 3.05) is 5.73 Å². The summed E-state index contributed by atoms with van der Waals surface area (Å²) in [6, 6.07) is 2.27. The van der Waals surface area contributed by atoms with Crippen molar-refractivity contribution in [3.63, 3.8) is 0 Å². The number of halogens is 1. The minimum Gasteiger partial charge on any atom is -0.397 e. The number of nitrogens with two attached hydrogens (primary N) is 1. The highest BCUT2D eigenvalue weighted by atomic mass is 35.5. The molecule has 3 N–H and O–H groups in total. The Hall–Kier alpha value is -1.82. The molecule has 0 saturated carbocycles. The molecule has 7 heteroatoms. The maximum Gasteiger partial charge on any atom is 0.271 e. The van der Waals surface area contributed by atoms with Crippen LogP contribution in [0.25, 0.3) is 0 Å². The van der Waals surface area contributed by atoms with E-state index >= 15 is 0 Å². The summed E-state index contributed by atoms with van der Waals surface area (Å²) in [5, 5.41) is 13.5. The third-order valence-corrected chi connectivity index (χ3v) is 3.20. The number of hydrogen-bond acceptors (Lipinski definition) is 4. The minimum absolute atomic E-state index is 0.00361. The SMILES string of the molecule is CCC(CC)NC(=O)c1cc([N+](=O)[O-])cc(Cl)c1N. The third kappa shape index (κ3) is 3.57. The third-order valence-electron chi connectivity index (χ3n) is 2.89. The van der Waals surface area contributed by atoms with Crippen molar-refractivity contribution in [2.24, 2.45) is 0 Å². The van der Waals surface area contributed by atoms with Gasteiger partial charge in [0, 0.05) is 18.2 Å². The van der Waals surface area contributed by atoms with Gasteiger partial charge in [0.1, 0.15) is 0 Å². The molecule has 0 aliphatic carbocycles. The van der Waals surface area contributed by atoms with Crippen LogP contribution in [0.3, 0.4) is 0 Å². The number of nitro benzene ring substituents is 1. The number of carbonyl (C=O) groups excluding carboxylic acids is 1. The number of amides is 1. The summed E-state index contributed by atoms with van der Waals surface area (Å²) < 4.78 is 0.